The molecule has 1 aromatic heterocycles. The van der Waals surface area contributed by atoms with E-state index < -0.39 is 58.2 Å². The Morgan fingerprint density at radius 2 is 1.75 bits per heavy atom. The highest BCUT2D eigenvalue weighted by atomic mass is 19.3. The van der Waals surface area contributed by atoms with Crippen LogP contribution in [0.25, 0.3) is 10.9 Å². The lowest BCUT2D eigenvalue weighted by Gasteiger charge is -2.26. The zero-order valence-corrected chi connectivity index (χ0v) is 21.0. The Hall–Kier alpha value is -4.27. The second kappa shape index (κ2) is 11.5. The van der Waals surface area contributed by atoms with E-state index in [0.29, 0.717) is 38.1 Å². The molecule has 1 aromatic carbocycles. The Morgan fingerprint density at radius 1 is 1.10 bits per heavy atom. The molecule has 12 nitrogen and oxygen atoms in total. The van der Waals surface area contributed by atoms with Crippen LogP contribution < -0.4 is 26.1 Å². The van der Waals surface area contributed by atoms with E-state index in [2.05, 4.69) is 5.32 Å². The molecule has 1 aliphatic carbocycles. The van der Waals surface area contributed by atoms with Gasteiger partial charge in [-0.1, -0.05) is 0 Å². The zero-order chi connectivity index (χ0) is 29.3. The van der Waals surface area contributed by atoms with Crippen molar-refractivity contribution in [3.05, 3.63) is 40.0 Å². The van der Waals surface area contributed by atoms with Crippen LogP contribution in [0.15, 0.2) is 23.1 Å². The summed E-state index contributed by atoms with van der Waals surface area (Å²) in [5.74, 6) is -5.31. The van der Waals surface area contributed by atoms with Crippen molar-refractivity contribution in [1.82, 2.24) is 9.88 Å². The van der Waals surface area contributed by atoms with E-state index in [-0.39, 0.29) is 29.2 Å². The second-order valence-corrected chi connectivity index (χ2v) is 9.70. The Morgan fingerprint density at radius 3 is 2.27 bits per heavy atom. The molecule has 40 heavy (non-hydrogen) atoms. The first-order valence-electron chi connectivity index (χ1n) is 12.4. The van der Waals surface area contributed by atoms with Gasteiger partial charge in [-0.05, 0) is 38.1 Å². The number of nitrogens with one attached hydrogen (secondary N) is 1. The van der Waals surface area contributed by atoms with E-state index in [0.717, 1.165) is 25.6 Å². The maximum atomic E-state index is 15.6. The molecular weight excluding hydrogens is 541 g/mol. The number of fused-ring (bicyclic) bond motifs is 2. The molecule has 6 N–H and O–H groups in total. The first-order valence-corrected chi connectivity index (χ1v) is 12.4. The fraction of sp³-hybridized carbons (Fsp3) is 0.440. The molecule has 3 heterocycles. The smallest absolute Gasteiger partial charge is 0.387 e. The van der Waals surface area contributed by atoms with Gasteiger partial charge < -0.3 is 40.6 Å². The van der Waals surface area contributed by atoms with E-state index in [1.54, 1.807) is 4.90 Å². The van der Waals surface area contributed by atoms with Crippen molar-refractivity contribution in [2.75, 3.05) is 30.3 Å². The number of pyridine rings is 1. The molecule has 2 atom stereocenters. The average molecular weight is 569 g/mol. The number of alkyl halides is 2. The summed E-state index contributed by atoms with van der Waals surface area (Å²) in [6.07, 6.45) is 5.46. The lowest BCUT2D eigenvalue weighted by Crippen LogP contribution is -2.40. The number of aromatic carboxylic acids is 1. The molecule has 15 heteroatoms. The Kier molecular flexibility index (Phi) is 8.23. The number of halogens is 3. The van der Waals surface area contributed by atoms with Crippen LogP contribution in [-0.2, 0) is 9.59 Å². The van der Waals surface area contributed by atoms with Crippen LogP contribution in [0.2, 0.25) is 0 Å². The number of benzene rings is 1. The van der Waals surface area contributed by atoms with Crippen molar-refractivity contribution < 1.29 is 47.6 Å². The van der Waals surface area contributed by atoms with E-state index >= 15 is 4.39 Å². The molecule has 5 rings (SSSR count). The second-order valence-electron chi connectivity index (χ2n) is 9.70. The molecule has 1 saturated carbocycles. The zero-order valence-electron chi connectivity index (χ0n) is 21.0. The highest BCUT2D eigenvalue weighted by molar-refractivity contribution is 6.03. The lowest BCUT2D eigenvalue weighted by atomic mass is 9.94. The number of aromatic nitrogens is 1. The van der Waals surface area contributed by atoms with Gasteiger partial charge in [-0.15, -0.1) is 0 Å². The van der Waals surface area contributed by atoms with Crippen molar-refractivity contribution in [3.8, 4) is 5.75 Å². The number of nitrogens with two attached hydrogens (primary N) is 1. The van der Waals surface area contributed by atoms with Gasteiger partial charge >= 0.3 is 24.5 Å². The highest BCUT2D eigenvalue weighted by Crippen LogP contribution is 2.47. The SMILES string of the molecule is Nc1c(F)c(N2C[C@@H]3CCCN[C@@H]3C2)c(OC(F)F)c2c1c(=O)c(C(=O)O)cn2C1CC1.O=C(O)/C=C\C(=O)O. The van der Waals surface area contributed by atoms with Crippen molar-refractivity contribution in [2.45, 2.75) is 44.4 Å². The van der Waals surface area contributed by atoms with Gasteiger partial charge in [0.05, 0.1) is 16.6 Å². The number of nitrogen functional groups attached to an aromatic ring is 1. The predicted octanol–water partition coefficient (Wildman–Crippen LogP) is 2.26. The van der Waals surface area contributed by atoms with Gasteiger partial charge in [0, 0.05) is 43.5 Å². The van der Waals surface area contributed by atoms with Crippen molar-refractivity contribution in [1.29, 1.82) is 0 Å². The third-order valence-corrected chi connectivity index (χ3v) is 7.04. The number of carbonyl (C=O) groups is 3. The largest absolute Gasteiger partial charge is 0.478 e. The van der Waals surface area contributed by atoms with Gasteiger partial charge in [-0.25, -0.2) is 18.8 Å². The van der Waals surface area contributed by atoms with Crippen LogP contribution in [0, 0.1) is 11.7 Å². The number of piperidine rings is 1. The van der Waals surface area contributed by atoms with Crippen LogP contribution in [0.3, 0.4) is 0 Å². The number of carboxylic acid groups (broad SMARTS) is 3. The van der Waals surface area contributed by atoms with E-state index in [4.69, 9.17) is 20.7 Å². The first-order chi connectivity index (χ1) is 18.9. The molecule has 0 unspecified atom stereocenters. The number of anilines is 2. The Labute approximate surface area is 224 Å². The molecule has 2 saturated heterocycles. The molecule has 2 aromatic rings. The molecule has 0 bridgehead atoms. The standard InChI is InChI=1S/C21H23F3N4O4.C4H4O4/c22-14-15(25)13-16(28(10-3-4-10)7-11(18(13)29)20(30)31)19(32-21(23)24)17(14)27-6-9-2-1-5-26-12(9)8-27;5-3(6)1-2-4(7)8/h7,9-10,12,21,26H,1-6,8,25H2,(H,30,31);1-2H,(H,5,6)(H,7,8)/b;2-1-/t9-,12+;/m0./s1. The fourth-order valence-electron chi connectivity index (χ4n) is 5.21. The normalized spacial score (nSPS) is 20.4. The van der Waals surface area contributed by atoms with Gasteiger partial charge in [0.25, 0.3) is 0 Å². The Bertz CT molecular complexity index is 1410. The minimum atomic E-state index is -3.27. The van der Waals surface area contributed by atoms with E-state index in [1.165, 1.54) is 4.57 Å². The van der Waals surface area contributed by atoms with Crippen LogP contribution >= 0.6 is 0 Å². The summed E-state index contributed by atoms with van der Waals surface area (Å²) in [5, 5.41) is 28.0. The summed E-state index contributed by atoms with van der Waals surface area (Å²) in [5.41, 5.74) is 3.56. The topological polar surface area (TPSA) is 184 Å². The summed E-state index contributed by atoms with van der Waals surface area (Å²) in [4.78, 5) is 45.3. The number of hydrogen-bond acceptors (Lipinski definition) is 8. The maximum Gasteiger partial charge on any atom is 0.387 e. The fourth-order valence-corrected chi connectivity index (χ4v) is 5.21. The minimum absolute atomic E-state index is 0.0829. The van der Waals surface area contributed by atoms with Gasteiger partial charge in [0.15, 0.2) is 11.6 Å². The van der Waals surface area contributed by atoms with Crippen molar-refractivity contribution >= 4 is 40.2 Å². The van der Waals surface area contributed by atoms with Gasteiger partial charge in [0.2, 0.25) is 5.43 Å². The number of nitrogens with zero attached hydrogens (tertiary/aromatic N) is 2. The number of rotatable bonds is 7. The van der Waals surface area contributed by atoms with Crippen LogP contribution in [0.5, 0.6) is 5.75 Å². The minimum Gasteiger partial charge on any atom is -0.478 e. The van der Waals surface area contributed by atoms with Crippen molar-refractivity contribution in [3.63, 3.8) is 0 Å². The molecule has 0 radical (unpaired) electrons. The quantitative estimate of drug-likeness (QED) is 0.244. The van der Waals surface area contributed by atoms with Crippen LogP contribution in [0.1, 0.15) is 42.1 Å². The summed E-state index contributed by atoms with van der Waals surface area (Å²) >= 11 is 0. The maximum absolute atomic E-state index is 15.6. The number of ether oxygens (including phenoxy) is 1. The first kappa shape index (κ1) is 28.7. The number of aliphatic carboxylic acids is 2. The molecular formula is C25H27F3N4O8. The molecule has 0 amide bonds. The van der Waals surface area contributed by atoms with Crippen molar-refractivity contribution in [2.24, 2.45) is 5.92 Å². The van der Waals surface area contributed by atoms with Gasteiger partial charge in [0.1, 0.15) is 11.3 Å². The molecule has 3 fully saturated rings. The summed E-state index contributed by atoms with van der Waals surface area (Å²) in [7, 11) is 0. The van der Waals surface area contributed by atoms with E-state index in [9.17, 15) is 33.1 Å². The summed E-state index contributed by atoms with van der Waals surface area (Å²) in [6.45, 7) is -1.63. The molecule has 2 aliphatic heterocycles. The molecule has 3 aliphatic rings. The molecule has 0 spiro atoms. The number of hydrogen-bond donors (Lipinski definition) is 5. The predicted molar refractivity (Wildman–Crippen MR) is 136 cm³/mol. The van der Waals surface area contributed by atoms with Crippen LogP contribution in [-0.4, -0.2) is 70.1 Å². The monoisotopic (exact) mass is 568 g/mol. The van der Waals surface area contributed by atoms with Gasteiger partial charge in [-0.2, -0.15) is 8.78 Å². The highest BCUT2D eigenvalue weighted by Gasteiger charge is 2.39. The average Bonchev–Trinajstić information content (AvgIpc) is 3.64. The van der Waals surface area contributed by atoms with Crippen LogP contribution in [0.4, 0.5) is 24.5 Å². The summed E-state index contributed by atoms with van der Waals surface area (Å²) < 4.78 is 48.9. The third kappa shape index (κ3) is 5.83. The molecule has 216 valence electrons. The lowest BCUT2D eigenvalue weighted by molar-refractivity contribution is -0.134. The third-order valence-electron chi connectivity index (χ3n) is 7.04. The van der Waals surface area contributed by atoms with Gasteiger partial charge in [-0.3, -0.25) is 4.79 Å². The summed E-state index contributed by atoms with van der Waals surface area (Å²) in [6, 6.07) is -0.128. The van der Waals surface area contributed by atoms with E-state index in [1.807, 2.05) is 0 Å². The Balaban J connectivity index is 0.000000406. The number of carboxylic acids is 3.